The molecule has 128 valence electrons. The van der Waals surface area contributed by atoms with E-state index in [1.165, 1.54) is 0 Å². The minimum Gasteiger partial charge on any atom is -0.357 e. The molecule has 1 fully saturated rings. The van der Waals surface area contributed by atoms with Crippen molar-refractivity contribution in [2.24, 2.45) is 12.1 Å². The minimum absolute atomic E-state index is 0.0792. The van der Waals surface area contributed by atoms with Crippen molar-refractivity contribution in [2.45, 2.75) is 19.3 Å². The summed E-state index contributed by atoms with van der Waals surface area (Å²) in [6.07, 6.45) is 4.90. The van der Waals surface area contributed by atoms with Crippen LogP contribution < -0.4 is 5.43 Å². The Morgan fingerprint density at radius 2 is 1.88 bits per heavy atom. The van der Waals surface area contributed by atoms with Gasteiger partial charge in [0.15, 0.2) is 0 Å². The van der Waals surface area contributed by atoms with Gasteiger partial charge in [-0.15, -0.1) is 0 Å². The Bertz CT molecular complexity index is 686. The van der Waals surface area contributed by atoms with Crippen molar-refractivity contribution < 1.29 is 14.4 Å². The Balaban J connectivity index is 1.51. The zero-order valence-electron chi connectivity index (χ0n) is 13.7. The Morgan fingerprint density at radius 1 is 1.17 bits per heavy atom. The molecule has 0 bridgehead atoms. The lowest BCUT2D eigenvalue weighted by Gasteiger charge is -2.35. The van der Waals surface area contributed by atoms with Gasteiger partial charge in [0.1, 0.15) is 5.71 Å². The first kappa shape index (κ1) is 16.2. The van der Waals surface area contributed by atoms with E-state index in [0.717, 1.165) is 5.56 Å². The van der Waals surface area contributed by atoms with Gasteiger partial charge in [-0.2, -0.15) is 5.10 Å². The van der Waals surface area contributed by atoms with Gasteiger partial charge in [0.05, 0.1) is 6.42 Å². The fourth-order valence-corrected chi connectivity index (χ4v) is 2.92. The standard InChI is InChI=1S/C16H21N5O3/c1-19-5-4-12(11-19)10-15(23)20-6-8-21(9-7-20)16(24)13-2-3-14(22)18-17-13/h4-5,11H,2-3,6-10H2,1H3,(H,18,22). The summed E-state index contributed by atoms with van der Waals surface area (Å²) in [6, 6.07) is 1.94. The monoisotopic (exact) mass is 331 g/mol. The van der Waals surface area contributed by atoms with E-state index in [4.69, 9.17) is 0 Å². The fraction of sp³-hybridized carbons (Fsp3) is 0.500. The van der Waals surface area contributed by atoms with E-state index in [0.29, 0.717) is 51.2 Å². The number of hydrazone groups is 1. The molecular formula is C16H21N5O3. The van der Waals surface area contributed by atoms with Crippen LogP contribution in [0.25, 0.3) is 0 Å². The van der Waals surface area contributed by atoms with Crippen molar-refractivity contribution in [3.63, 3.8) is 0 Å². The molecule has 1 saturated heterocycles. The predicted molar refractivity (Wildman–Crippen MR) is 87.1 cm³/mol. The molecule has 8 heteroatoms. The topological polar surface area (TPSA) is 87.0 Å². The second-order valence-electron chi connectivity index (χ2n) is 6.13. The lowest BCUT2D eigenvalue weighted by Crippen LogP contribution is -2.53. The first-order valence-corrected chi connectivity index (χ1v) is 8.06. The van der Waals surface area contributed by atoms with E-state index in [2.05, 4.69) is 10.5 Å². The third kappa shape index (κ3) is 3.64. The number of nitrogens with one attached hydrogen (secondary N) is 1. The zero-order valence-corrected chi connectivity index (χ0v) is 13.7. The maximum atomic E-state index is 12.4. The third-order valence-corrected chi connectivity index (χ3v) is 4.32. The number of carbonyl (C=O) groups is 3. The maximum absolute atomic E-state index is 12.4. The van der Waals surface area contributed by atoms with Crippen LogP contribution in [0.5, 0.6) is 0 Å². The molecule has 1 aromatic rings. The zero-order chi connectivity index (χ0) is 17.1. The van der Waals surface area contributed by atoms with Crippen LogP contribution in [0.2, 0.25) is 0 Å². The Morgan fingerprint density at radius 3 is 2.46 bits per heavy atom. The van der Waals surface area contributed by atoms with Crippen LogP contribution in [0.3, 0.4) is 0 Å². The minimum atomic E-state index is -0.164. The SMILES string of the molecule is Cn1ccc(CC(=O)N2CCN(C(=O)C3=NNC(=O)CC3)CC2)c1. The van der Waals surface area contributed by atoms with Gasteiger partial charge in [0.2, 0.25) is 11.8 Å². The lowest BCUT2D eigenvalue weighted by molar-refractivity contribution is -0.136. The predicted octanol–water partition coefficient (Wildman–Crippen LogP) is -0.496. The summed E-state index contributed by atoms with van der Waals surface area (Å²) in [5.74, 6) is -0.233. The van der Waals surface area contributed by atoms with Crippen molar-refractivity contribution in [1.29, 1.82) is 0 Å². The first-order valence-electron chi connectivity index (χ1n) is 8.06. The normalized spacial score (nSPS) is 18.2. The quantitative estimate of drug-likeness (QED) is 0.810. The van der Waals surface area contributed by atoms with E-state index >= 15 is 0 Å². The fourth-order valence-electron chi connectivity index (χ4n) is 2.92. The molecule has 2 aliphatic rings. The van der Waals surface area contributed by atoms with E-state index < -0.39 is 0 Å². The van der Waals surface area contributed by atoms with Crippen molar-refractivity contribution in [3.8, 4) is 0 Å². The Labute approximate surface area is 140 Å². The third-order valence-electron chi connectivity index (χ3n) is 4.32. The highest BCUT2D eigenvalue weighted by Gasteiger charge is 2.28. The van der Waals surface area contributed by atoms with Gasteiger partial charge in [-0.3, -0.25) is 14.4 Å². The molecule has 3 rings (SSSR count). The molecule has 0 aliphatic carbocycles. The average Bonchev–Trinajstić information content (AvgIpc) is 3.00. The number of carbonyl (C=O) groups excluding carboxylic acids is 3. The summed E-state index contributed by atoms with van der Waals surface area (Å²) < 4.78 is 1.92. The van der Waals surface area contributed by atoms with Crippen LogP contribution in [0.15, 0.2) is 23.6 Å². The van der Waals surface area contributed by atoms with E-state index in [-0.39, 0.29) is 17.7 Å². The van der Waals surface area contributed by atoms with Crippen molar-refractivity contribution in [3.05, 3.63) is 24.0 Å². The molecule has 3 amide bonds. The highest BCUT2D eigenvalue weighted by molar-refractivity contribution is 6.39. The maximum Gasteiger partial charge on any atom is 0.270 e. The van der Waals surface area contributed by atoms with E-state index in [1.54, 1.807) is 9.80 Å². The van der Waals surface area contributed by atoms with E-state index in [1.807, 2.05) is 30.1 Å². The van der Waals surface area contributed by atoms with Crippen LogP contribution >= 0.6 is 0 Å². The highest BCUT2D eigenvalue weighted by Crippen LogP contribution is 2.10. The van der Waals surface area contributed by atoms with Crippen molar-refractivity contribution in [2.75, 3.05) is 26.2 Å². The van der Waals surface area contributed by atoms with Crippen LogP contribution in [0.1, 0.15) is 18.4 Å². The second kappa shape index (κ2) is 6.86. The number of hydrogen-bond donors (Lipinski definition) is 1. The summed E-state index contributed by atoms with van der Waals surface area (Å²) >= 11 is 0. The van der Waals surface area contributed by atoms with Crippen LogP contribution in [-0.2, 0) is 27.9 Å². The number of nitrogens with zero attached hydrogens (tertiary/aromatic N) is 4. The molecule has 3 heterocycles. The van der Waals surface area contributed by atoms with Gasteiger partial charge in [-0.1, -0.05) is 0 Å². The molecule has 0 unspecified atom stereocenters. The molecule has 1 aromatic heterocycles. The first-order chi connectivity index (χ1) is 11.5. The summed E-state index contributed by atoms with van der Waals surface area (Å²) in [7, 11) is 1.93. The Hall–Kier alpha value is -2.64. The number of hydrogen-bond acceptors (Lipinski definition) is 4. The van der Waals surface area contributed by atoms with Gasteiger partial charge in [-0.05, 0) is 11.6 Å². The summed E-state index contributed by atoms with van der Waals surface area (Å²) in [5, 5.41) is 3.84. The number of amides is 3. The average molecular weight is 331 g/mol. The number of aromatic nitrogens is 1. The second-order valence-corrected chi connectivity index (χ2v) is 6.13. The molecule has 0 spiro atoms. The largest absolute Gasteiger partial charge is 0.357 e. The molecule has 1 N–H and O–H groups in total. The van der Waals surface area contributed by atoms with Gasteiger partial charge >= 0.3 is 0 Å². The van der Waals surface area contributed by atoms with Crippen LogP contribution in [0.4, 0.5) is 0 Å². The number of piperazine rings is 1. The summed E-state index contributed by atoms with van der Waals surface area (Å²) in [6.45, 7) is 2.03. The van der Waals surface area contributed by atoms with Gasteiger partial charge in [-0.25, -0.2) is 5.43 Å². The van der Waals surface area contributed by atoms with Crippen LogP contribution in [0, 0.1) is 0 Å². The molecule has 0 saturated carbocycles. The number of aryl methyl sites for hydroxylation is 1. The number of rotatable bonds is 3. The smallest absolute Gasteiger partial charge is 0.270 e. The molecule has 0 aromatic carbocycles. The molecule has 2 aliphatic heterocycles. The lowest BCUT2D eigenvalue weighted by atomic mass is 10.1. The molecule has 0 atom stereocenters. The van der Waals surface area contributed by atoms with E-state index in [9.17, 15) is 14.4 Å². The summed E-state index contributed by atoms with van der Waals surface area (Å²) in [5.41, 5.74) is 3.72. The highest BCUT2D eigenvalue weighted by atomic mass is 16.2. The van der Waals surface area contributed by atoms with Crippen molar-refractivity contribution in [1.82, 2.24) is 19.8 Å². The van der Waals surface area contributed by atoms with Crippen LogP contribution in [-0.4, -0.2) is 64.0 Å². The van der Waals surface area contributed by atoms with Gasteiger partial charge < -0.3 is 14.4 Å². The van der Waals surface area contributed by atoms with Gasteiger partial charge in [0.25, 0.3) is 5.91 Å². The molecule has 24 heavy (non-hydrogen) atoms. The van der Waals surface area contributed by atoms with Crippen molar-refractivity contribution >= 4 is 23.4 Å². The molecular weight excluding hydrogens is 310 g/mol. The molecule has 8 nitrogen and oxygen atoms in total. The Kier molecular flexibility index (Phi) is 4.64. The molecule has 0 radical (unpaired) electrons. The van der Waals surface area contributed by atoms with Gasteiger partial charge in [0, 0.05) is 58.5 Å². The summed E-state index contributed by atoms with van der Waals surface area (Å²) in [4.78, 5) is 39.3.